The molecule has 0 spiro atoms. The van der Waals surface area contributed by atoms with Crippen LogP contribution in [0.2, 0.25) is 0 Å². The second kappa shape index (κ2) is 10.5. The predicted molar refractivity (Wildman–Crippen MR) is 139 cm³/mol. The monoisotopic (exact) mass is 633 g/mol. The first-order valence-electron chi connectivity index (χ1n) is 12.1. The number of ether oxygens (including phenoxy) is 2. The highest BCUT2D eigenvalue weighted by molar-refractivity contribution is 8.07. The zero-order valence-electron chi connectivity index (χ0n) is 21.0. The first-order valence-corrected chi connectivity index (χ1v) is 14.7. The van der Waals surface area contributed by atoms with Gasteiger partial charge in [0, 0.05) is 0 Å². The summed E-state index contributed by atoms with van der Waals surface area (Å²) in [5.74, 6) is -2.89. The first kappa shape index (κ1) is 28.8. The molecule has 2 saturated heterocycles. The zero-order valence-corrected chi connectivity index (χ0v) is 22.7. The molecule has 0 aliphatic carbocycles. The maximum atomic E-state index is 15.9. The number of hydrogen-bond acceptors (Lipinski definition) is 14. The Labute approximate surface area is 236 Å². The lowest BCUT2D eigenvalue weighted by atomic mass is 10.1. The third-order valence-electron chi connectivity index (χ3n) is 6.87. The molecule has 1 unspecified atom stereocenters. The largest absolute Gasteiger partial charge is 0.394 e. The number of nitrogens with zero attached hydrogens (tertiary/aromatic N) is 6. The van der Waals surface area contributed by atoms with Crippen LogP contribution in [-0.2, 0) is 36.1 Å². The van der Waals surface area contributed by atoms with Crippen molar-refractivity contribution < 1.29 is 42.4 Å². The number of aliphatic hydroxyl groups excluding tert-OH is 2. The van der Waals surface area contributed by atoms with Crippen LogP contribution in [-0.4, -0.2) is 105 Å². The molecule has 18 nitrogen and oxygen atoms in total. The maximum Gasteiger partial charge on any atom is 0.325 e. The van der Waals surface area contributed by atoms with Gasteiger partial charge in [0.15, 0.2) is 34.7 Å². The van der Waals surface area contributed by atoms with Gasteiger partial charge in [-0.15, -0.1) is 0 Å². The molecule has 4 aromatic rings. The van der Waals surface area contributed by atoms with E-state index in [4.69, 9.17) is 36.1 Å². The Balaban J connectivity index is 1.19. The highest BCUT2D eigenvalue weighted by Gasteiger charge is 2.54. The molecule has 0 bridgehead atoms. The molecule has 2 fully saturated rings. The van der Waals surface area contributed by atoms with Gasteiger partial charge in [-0.25, -0.2) is 23.7 Å². The minimum absolute atomic E-state index is 0.0990. The van der Waals surface area contributed by atoms with Gasteiger partial charge in [0.25, 0.3) is 11.1 Å². The lowest BCUT2D eigenvalue weighted by Crippen LogP contribution is -2.43. The van der Waals surface area contributed by atoms with Gasteiger partial charge >= 0.3 is 6.72 Å². The van der Waals surface area contributed by atoms with E-state index < -0.39 is 80.3 Å². The number of H-pyrrole nitrogens is 2. The number of fused-ring (bicyclic) bond motifs is 2. The van der Waals surface area contributed by atoms with Gasteiger partial charge in [-0.1, -0.05) is 0 Å². The smallest absolute Gasteiger partial charge is 0.325 e. The van der Waals surface area contributed by atoms with Crippen LogP contribution in [0.5, 0.6) is 0 Å². The molecule has 7 N–H and O–H groups in total. The molecule has 226 valence electrons. The number of hydrogen-bond donors (Lipinski definition) is 6. The molecule has 0 aromatic carbocycles. The van der Waals surface area contributed by atoms with Crippen molar-refractivity contribution in [2.45, 2.75) is 42.6 Å². The summed E-state index contributed by atoms with van der Waals surface area (Å²) in [4.78, 5) is 55.1. The molecule has 22 heteroatoms. The molecular formula is C20H22F2N9O9PS. The highest BCUT2D eigenvalue weighted by atomic mass is 32.5. The van der Waals surface area contributed by atoms with Crippen LogP contribution >= 0.6 is 6.72 Å². The van der Waals surface area contributed by atoms with Crippen LogP contribution in [0.25, 0.3) is 22.3 Å². The Morgan fingerprint density at radius 3 is 2.71 bits per heavy atom. The van der Waals surface area contributed by atoms with Crippen molar-refractivity contribution in [3.8, 4) is 0 Å². The van der Waals surface area contributed by atoms with Crippen molar-refractivity contribution in [3.63, 3.8) is 0 Å². The van der Waals surface area contributed by atoms with E-state index >= 15 is 8.78 Å². The number of aromatic nitrogens is 8. The summed E-state index contributed by atoms with van der Waals surface area (Å²) in [6.45, 7) is -6.54. The van der Waals surface area contributed by atoms with E-state index in [0.29, 0.717) is 0 Å². The van der Waals surface area contributed by atoms with E-state index in [0.717, 1.165) is 28.1 Å². The second-order valence-electron chi connectivity index (χ2n) is 9.43. The van der Waals surface area contributed by atoms with Crippen LogP contribution in [0, 0.1) is 0 Å². The molecule has 0 saturated carbocycles. The summed E-state index contributed by atoms with van der Waals surface area (Å²) in [6.07, 6.45) is -6.79. The van der Waals surface area contributed by atoms with E-state index in [-0.39, 0.29) is 28.3 Å². The van der Waals surface area contributed by atoms with E-state index in [9.17, 15) is 24.7 Å². The number of anilines is 1. The molecular weight excluding hydrogens is 611 g/mol. The highest BCUT2D eigenvalue weighted by Crippen LogP contribution is 2.51. The molecule has 0 radical (unpaired) electrons. The lowest BCUT2D eigenvalue weighted by Gasteiger charge is -2.27. The summed E-state index contributed by atoms with van der Waals surface area (Å²) in [5.41, 5.74) is 3.76. The predicted octanol–water partition coefficient (Wildman–Crippen LogP) is -1.94. The lowest BCUT2D eigenvalue weighted by molar-refractivity contribution is -0.0530. The zero-order chi connectivity index (χ0) is 30.0. The number of aliphatic hydroxyl groups is 2. The number of halogens is 2. The molecule has 6 heterocycles. The number of imidazole rings is 2. The van der Waals surface area contributed by atoms with Crippen molar-refractivity contribution in [2.75, 3.05) is 25.6 Å². The minimum atomic E-state index is -4.37. The first-order chi connectivity index (χ1) is 19.9. The van der Waals surface area contributed by atoms with E-state index in [1.807, 2.05) is 0 Å². The van der Waals surface area contributed by atoms with Gasteiger partial charge in [0.05, 0.1) is 25.9 Å². The Hall–Kier alpha value is -3.27. The number of nitrogen functional groups attached to an aromatic ring is 1. The van der Waals surface area contributed by atoms with E-state index in [2.05, 4.69) is 29.9 Å². The Morgan fingerprint density at radius 2 is 1.95 bits per heavy atom. The third kappa shape index (κ3) is 4.71. The molecule has 2 aliphatic rings. The second-order valence-corrected chi connectivity index (χ2v) is 12.2. The standard InChI is InChI=1S/C20H22F2N9O9PS/c21-9-7(1-32)39-18(30-5-26-11-15(30)28-19(23)29-17(11)35)12(9)40-41(36,42)38-2-8-13(33)20(22,3-37-8)31-6-27-10-14(31)24-4-25-16(10)34/h4-9,12-13,18,32-33H,1-3H2,(H,36,42)(H,24,25,34)(H3,23,28,29,35)/t7-,8-,9-,12-,13-,18-,20+,41?/m1/s1. The Morgan fingerprint density at radius 1 is 1.21 bits per heavy atom. The summed E-state index contributed by atoms with van der Waals surface area (Å²) in [5, 5.41) is 20.4. The molecule has 4 aromatic heterocycles. The van der Waals surface area contributed by atoms with Crippen LogP contribution in [0.1, 0.15) is 6.23 Å². The topological polar surface area (TPSA) is 251 Å². The van der Waals surface area contributed by atoms with Crippen LogP contribution in [0.3, 0.4) is 0 Å². The van der Waals surface area contributed by atoms with Gasteiger partial charge in [0.1, 0.15) is 37.4 Å². The summed E-state index contributed by atoms with van der Waals surface area (Å²) < 4.78 is 54.8. The quantitative estimate of drug-likeness (QED) is 0.116. The van der Waals surface area contributed by atoms with Crippen LogP contribution in [0.15, 0.2) is 28.6 Å². The summed E-state index contributed by atoms with van der Waals surface area (Å²) in [7, 11) is 0. The van der Waals surface area contributed by atoms with Gasteiger partial charge in [-0.2, -0.15) is 4.98 Å². The number of rotatable bonds is 8. The fourth-order valence-corrected chi connectivity index (χ4v) is 6.22. The van der Waals surface area contributed by atoms with Gasteiger partial charge in [-0.3, -0.25) is 28.2 Å². The number of nitrogens with one attached hydrogen (secondary N) is 2. The fraction of sp³-hybridized carbons (Fsp3) is 0.500. The van der Waals surface area contributed by atoms with Gasteiger partial charge in [0.2, 0.25) is 11.7 Å². The average molecular weight is 633 g/mol. The van der Waals surface area contributed by atoms with Crippen molar-refractivity contribution >= 4 is 46.8 Å². The Bertz CT molecular complexity index is 1820. The Kier molecular flexibility index (Phi) is 7.19. The van der Waals surface area contributed by atoms with Crippen molar-refractivity contribution in [1.82, 2.24) is 39.0 Å². The normalized spacial score (nSPS) is 31.3. The van der Waals surface area contributed by atoms with Crippen molar-refractivity contribution in [1.29, 1.82) is 0 Å². The number of nitrogens with two attached hydrogens (primary N) is 1. The average Bonchev–Trinajstić information content (AvgIpc) is 3.70. The van der Waals surface area contributed by atoms with Crippen molar-refractivity contribution in [3.05, 3.63) is 39.7 Å². The number of aromatic amines is 2. The third-order valence-corrected chi connectivity index (χ3v) is 8.43. The van der Waals surface area contributed by atoms with Gasteiger partial charge < -0.3 is 39.8 Å². The summed E-state index contributed by atoms with van der Waals surface area (Å²) >= 11 is 5.04. The van der Waals surface area contributed by atoms with Gasteiger partial charge in [-0.05, 0) is 11.8 Å². The maximum absolute atomic E-state index is 15.9. The summed E-state index contributed by atoms with van der Waals surface area (Å²) in [6, 6.07) is 0. The van der Waals surface area contributed by atoms with Crippen molar-refractivity contribution in [2.24, 2.45) is 0 Å². The van der Waals surface area contributed by atoms with E-state index in [1.165, 1.54) is 0 Å². The fourth-order valence-electron chi connectivity index (χ4n) is 4.81. The SMILES string of the molecule is Nc1nc2c(ncn2[C@@H]2O[C@H](CO)[C@@H](F)[C@H]2OP(O)(=S)OC[C@H]2OC[C@](F)(n3cnc4c(=O)[nH]cnc43)[C@@H]2O)c(=O)[nH]1. The van der Waals surface area contributed by atoms with Crippen LogP contribution in [0.4, 0.5) is 14.7 Å². The molecule has 42 heavy (non-hydrogen) atoms. The number of alkyl halides is 2. The van der Waals surface area contributed by atoms with Crippen LogP contribution < -0.4 is 16.9 Å². The minimum Gasteiger partial charge on any atom is -0.394 e. The molecule has 6 rings (SSSR count). The molecule has 0 amide bonds. The molecule has 2 aliphatic heterocycles. The molecule has 8 atom stereocenters. The van der Waals surface area contributed by atoms with E-state index in [1.54, 1.807) is 0 Å².